The number of carbonyl (C=O) groups is 1. The molecule has 0 aliphatic carbocycles. The van der Waals surface area contributed by atoms with Crippen LogP contribution in [0, 0.1) is 0 Å². The summed E-state index contributed by atoms with van der Waals surface area (Å²) in [5.41, 5.74) is 0. The number of carbonyl (C=O) groups excluding carboxylic acids is 1. The van der Waals surface area contributed by atoms with Crippen molar-refractivity contribution >= 4 is 6.29 Å². The van der Waals surface area contributed by atoms with Gasteiger partial charge in [-0.15, -0.1) is 0 Å². The molecule has 0 saturated carbocycles. The van der Waals surface area contributed by atoms with Crippen LogP contribution in [0.4, 0.5) is 0 Å². The monoisotopic (exact) mass is 118 g/mol. The van der Waals surface area contributed by atoms with E-state index in [2.05, 4.69) is 4.74 Å². The molecule has 0 saturated heterocycles. The third-order valence-corrected chi connectivity index (χ3v) is 0.640. The fourth-order valence-electron chi connectivity index (χ4n) is 0.215. The van der Waals surface area contributed by atoms with Gasteiger partial charge in [0.15, 0.2) is 0 Å². The molecule has 0 rings (SSSR count). The molecule has 3 heteroatoms. The van der Waals surface area contributed by atoms with Crippen molar-refractivity contribution in [1.82, 2.24) is 0 Å². The minimum absolute atomic E-state index is 0.180. The lowest BCUT2D eigenvalue weighted by Crippen LogP contribution is -2.10. The van der Waals surface area contributed by atoms with Crippen LogP contribution in [0.5, 0.6) is 0 Å². The fraction of sp³-hybridized carbons (Fsp3) is 0.800. The number of hydrogen-bond donors (Lipinski definition) is 0. The standard InChI is InChI=1S/C5H10O3/c1-5(3-6)8-4-7-2/h3,5H,4H2,1-2H3/t5-/m0/s1. The van der Waals surface area contributed by atoms with Gasteiger partial charge in [0.25, 0.3) is 0 Å². The van der Waals surface area contributed by atoms with Gasteiger partial charge in [0.05, 0.1) is 0 Å². The van der Waals surface area contributed by atoms with Crippen LogP contribution in [0.15, 0.2) is 0 Å². The fourth-order valence-corrected chi connectivity index (χ4v) is 0.215. The van der Waals surface area contributed by atoms with Gasteiger partial charge in [-0.3, -0.25) is 0 Å². The molecule has 0 aromatic rings. The number of hydrogen-bond acceptors (Lipinski definition) is 3. The van der Waals surface area contributed by atoms with Crippen molar-refractivity contribution < 1.29 is 14.3 Å². The van der Waals surface area contributed by atoms with Crippen LogP contribution in [0.25, 0.3) is 0 Å². The molecule has 0 unspecified atom stereocenters. The van der Waals surface area contributed by atoms with E-state index in [9.17, 15) is 4.79 Å². The van der Waals surface area contributed by atoms with Crippen LogP contribution in [0.2, 0.25) is 0 Å². The third-order valence-electron chi connectivity index (χ3n) is 0.640. The van der Waals surface area contributed by atoms with Gasteiger partial charge in [0.1, 0.15) is 19.2 Å². The van der Waals surface area contributed by atoms with Crippen LogP contribution in [-0.2, 0) is 14.3 Å². The highest BCUT2D eigenvalue weighted by molar-refractivity contribution is 5.54. The first-order valence-electron chi connectivity index (χ1n) is 2.37. The van der Waals surface area contributed by atoms with Gasteiger partial charge in [-0.05, 0) is 6.92 Å². The molecule has 0 spiro atoms. The van der Waals surface area contributed by atoms with Gasteiger partial charge in [0, 0.05) is 7.11 Å². The predicted molar refractivity (Wildman–Crippen MR) is 28.5 cm³/mol. The van der Waals surface area contributed by atoms with E-state index in [1.54, 1.807) is 6.92 Å². The number of methoxy groups -OCH3 is 1. The summed E-state index contributed by atoms with van der Waals surface area (Å²) in [5, 5.41) is 0. The van der Waals surface area contributed by atoms with Gasteiger partial charge in [-0.25, -0.2) is 0 Å². The van der Waals surface area contributed by atoms with Crippen molar-refractivity contribution in [2.24, 2.45) is 0 Å². The Labute approximate surface area is 48.6 Å². The summed E-state index contributed by atoms with van der Waals surface area (Å²) in [7, 11) is 1.51. The van der Waals surface area contributed by atoms with Gasteiger partial charge in [0.2, 0.25) is 0 Å². The highest BCUT2D eigenvalue weighted by Gasteiger charge is 1.94. The molecule has 0 aromatic heterocycles. The summed E-state index contributed by atoms with van der Waals surface area (Å²) in [5.74, 6) is 0. The zero-order valence-corrected chi connectivity index (χ0v) is 5.09. The van der Waals surface area contributed by atoms with E-state index in [-0.39, 0.29) is 12.9 Å². The maximum atomic E-state index is 9.83. The zero-order chi connectivity index (χ0) is 6.41. The largest absolute Gasteiger partial charge is 0.359 e. The van der Waals surface area contributed by atoms with Gasteiger partial charge >= 0.3 is 0 Å². The average molecular weight is 118 g/mol. The Kier molecular flexibility index (Phi) is 4.50. The normalized spacial score (nSPS) is 13.2. The Morgan fingerprint density at radius 1 is 1.75 bits per heavy atom. The van der Waals surface area contributed by atoms with Crippen molar-refractivity contribution in [2.75, 3.05) is 13.9 Å². The third kappa shape index (κ3) is 3.77. The van der Waals surface area contributed by atoms with Crippen LogP contribution in [0.3, 0.4) is 0 Å². The molecule has 3 nitrogen and oxygen atoms in total. The first-order chi connectivity index (χ1) is 3.81. The van der Waals surface area contributed by atoms with E-state index in [0.717, 1.165) is 6.29 Å². The van der Waals surface area contributed by atoms with E-state index >= 15 is 0 Å². The summed E-state index contributed by atoms with van der Waals surface area (Å²) >= 11 is 0. The smallest absolute Gasteiger partial charge is 0.148 e. The minimum Gasteiger partial charge on any atom is -0.359 e. The van der Waals surface area contributed by atoms with Gasteiger partial charge < -0.3 is 14.3 Å². The van der Waals surface area contributed by atoms with E-state index < -0.39 is 0 Å². The first kappa shape index (κ1) is 7.59. The summed E-state index contributed by atoms with van der Waals surface area (Å²) in [6, 6.07) is 0. The quantitative estimate of drug-likeness (QED) is 0.390. The highest BCUT2D eigenvalue weighted by Crippen LogP contribution is 1.82. The second-order valence-electron chi connectivity index (χ2n) is 1.41. The molecule has 0 aromatic carbocycles. The Morgan fingerprint density at radius 3 is 2.75 bits per heavy atom. The maximum Gasteiger partial charge on any atom is 0.148 e. The van der Waals surface area contributed by atoms with E-state index in [0.29, 0.717) is 0 Å². The number of ether oxygens (including phenoxy) is 2. The molecule has 0 amide bonds. The number of rotatable bonds is 4. The van der Waals surface area contributed by atoms with Crippen LogP contribution < -0.4 is 0 Å². The van der Waals surface area contributed by atoms with Crippen LogP contribution in [0.1, 0.15) is 6.92 Å². The zero-order valence-electron chi connectivity index (χ0n) is 5.09. The summed E-state index contributed by atoms with van der Waals surface area (Å²) in [6.07, 6.45) is 0.369. The lowest BCUT2D eigenvalue weighted by molar-refractivity contribution is -0.125. The van der Waals surface area contributed by atoms with E-state index in [1.807, 2.05) is 0 Å². The summed E-state index contributed by atoms with van der Waals surface area (Å²) in [4.78, 5) is 9.83. The molecule has 48 valence electrons. The lowest BCUT2D eigenvalue weighted by atomic mass is 10.5. The van der Waals surface area contributed by atoms with Crippen LogP contribution in [-0.4, -0.2) is 26.3 Å². The van der Waals surface area contributed by atoms with Crippen molar-refractivity contribution in [3.05, 3.63) is 0 Å². The molecule has 8 heavy (non-hydrogen) atoms. The number of aldehydes is 1. The minimum atomic E-state index is -0.352. The second-order valence-corrected chi connectivity index (χ2v) is 1.41. The predicted octanol–water partition coefficient (Wildman–Crippen LogP) is 0.194. The lowest BCUT2D eigenvalue weighted by Gasteiger charge is -2.02. The topological polar surface area (TPSA) is 35.5 Å². The molecule has 0 bridgehead atoms. The summed E-state index contributed by atoms with van der Waals surface area (Å²) < 4.78 is 9.28. The molecule has 0 fully saturated rings. The van der Waals surface area contributed by atoms with Crippen LogP contribution >= 0.6 is 0 Å². The van der Waals surface area contributed by atoms with E-state index in [1.165, 1.54) is 7.11 Å². The molecule has 1 atom stereocenters. The maximum absolute atomic E-state index is 9.83. The molecule has 0 aliphatic rings. The molecule has 0 N–H and O–H groups in total. The SMILES string of the molecule is COCO[C@@H](C)C=O. The van der Waals surface area contributed by atoms with Gasteiger partial charge in [-0.2, -0.15) is 0 Å². The molecular weight excluding hydrogens is 108 g/mol. The van der Waals surface area contributed by atoms with Crippen molar-refractivity contribution in [2.45, 2.75) is 13.0 Å². The average Bonchev–Trinajstić information content (AvgIpc) is 1.83. The molecular formula is C5H10O3. The Morgan fingerprint density at radius 2 is 2.38 bits per heavy atom. The van der Waals surface area contributed by atoms with Crippen molar-refractivity contribution in [1.29, 1.82) is 0 Å². The Balaban J connectivity index is 2.98. The Hall–Kier alpha value is -0.410. The van der Waals surface area contributed by atoms with Crippen molar-refractivity contribution in [3.63, 3.8) is 0 Å². The first-order valence-corrected chi connectivity index (χ1v) is 2.37. The molecule has 0 radical (unpaired) electrons. The van der Waals surface area contributed by atoms with E-state index in [4.69, 9.17) is 4.74 Å². The van der Waals surface area contributed by atoms with Gasteiger partial charge in [-0.1, -0.05) is 0 Å². The summed E-state index contributed by atoms with van der Waals surface area (Å²) in [6.45, 7) is 1.84. The van der Waals surface area contributed by atoms with Crippen molar-refractivity contribution in [3.8, 4) is 0 Å². The second kappa shape index (κ2) is 4.74. The molecule has 0 heterocycles. The Bertz CT molecular complexity index is 62.7. The molecule has 0 aliphatic heterocycles. The highest BCUT2D eigenvalue weighted by atomic mass is 16.7.